The number of rotatable bonds is 5. The zero-order chi connectivity index (χ0) is 39.8. The van der Waals surface area contributed by atoms with E-state index < -0.39 is 5.41 Å². The number of nitrogens with zero attached hydrogens (tertiary/aromatic N) is 1. The lowest BCUT2D eigenvalue weighted by Gasteiger charge is -2.38. The lowest BCUT2D eigenvalue weighted by molar-refractivity contribution is 0.572. The van der Waals surface area contributed by atoms with Gasteiger partial charge in [-0.2, -0.15) is 0 Å². The third kappa shape index (κ3) is 5.52. The van der Waals surface area contributed by atoms with Crippen molar-refractivity contribution < 1.29 is 0 Å². The van der Waals surface area contributed by atoms with Crippen molar-refractivity contribution in [1.29, 1.82) is 0 Å². The molecular weight excluding hydrogens is 699 g/mol. The van der Waals surface area contributed by atoms with Crippen LogP contribution in [0.25, 0.3) is 44.5 Å². The summed E-state index contributed by atoms with van der Waals surface area (Å²) in [5.41, 5.74) is 21.1. The van der Waals surface area contributed by atoms with Crippen LogP contribution in [0.1, 0.15) is 74.9 Å². The summed E-state index contributed by atoms with van der Waals surface area (Å²) in [6.45, 7) is 14.2. The first kappa shape index (κ1) is 35.9. The van der Waals surface area contributed by atoms with E-state index in [1.807, 2.05) is 0 Å². The molecule has 0 fully saturated rings. The molecule has 1 atom stereocenters. The second kappa shape index (κ2) is 13.3. The molecule has 2 aliphatic rings. The molecule has 0 N–H and O–H groups in total. The Kier molecular flexibility index (Phi) is 8.25. The predicted octanol–water partition coefficient (Wildman–Crippen LogP) is 15.4. The van der Waals surface area contributed by atoms with Gasteiger partial charge in [0.05, 0.1) is 11.1 Å². The molecular formula is C57H49N. The van der Waals surface area contributed by atoms with Crippen LogP contribution in [0, 0.1) is 0 Å². The summed E-state index contributed by atoms with van der Waals surface area (Å²) < 4.78 is 0. The molecule has 282 valence electrons. The molecule has 0 radical (unpaired) electrons. The Morgan fingerprint density at radius 3 is 1.41 bits per heavy atom. The van der Waals surface area contributed by atoms with Crippen molar-refractivity contribution in [3.8, 4) is 44.5 Å². The number of anilines is 3. The molecule has 0 bridgehead atoms. The van der Waals surface area contributed by atoms with Crippen molar-refractivity contribution in [3.05, 3.63) is 221 Å². The molecule has 0 heterocycles. The zero-order valence-corrected chi connectivity index (χ0v) is 34.3. The first-order valence-corrected chi connectivity index (χ1v) is 20.7. The van der Waals surface area contributed by atoms with Gasteiger partial charge in [0, 0.05) is 16.9 Å². The first-order valence-electron chi connectivity index (χ1n) is 20.7. The van der Waals surface area contributed by atoms with Crippen LogP contribution in [0.15, 0.2) is 188 Å². The first-order chi connectivity index (χ1) is 28.0. The molecule has 8 aromatic carbocycles. The largest absolute Gasteiger partial charge is 0.310 e. The van der Waals surface area contributed by atoms with Crippen molar-refractivity contribution in [2.24, 2.45) is 0 Å². The summed E-state index contributed by atoms with van der Waals surface area (Å²) >= 11 is 0. The third-order valence-corrected chi connectivity index (χ3v) is 12.6. The number of hydrogen-bond donors (Lipinski definition) is 0. The maximum Gasteiger partial charge on any atom is 0.0749 e. The summed E-state index contributed by atoms with van der Waals surface area (Å²) in [5.74, 6) is 0. The Morgan fingerprint density at radius 2 is 0.845 bits per heavy atom. The van der Waals surface area contributed by atoms with Crippen molar-refractivity contribution in [1.82, 2.24) is 0 Å². The minimum atomic E-state index is -0.551. The van der Waals surface area contributed by atoms with Gasteiger partial charge in [0.2, 0.25) is 0 Å². The van der Waals surface area contributed by atoms with Gasteiger partial charge in [-0.25, -0.2) is 0 Å². The molecule has 1 spiro atoms. The highest BCUT2D eigenvalue weighted by Crippen LogP contribution is 2.67. The highest BCUT2D eigenvalue weighted by molar-refractivity contribution is 6.00. The van der Waals surface area contributed by atoms with E-state index in [2.05, 4.69) is 234 Å². The molecule has 0 aromatic heterocycles. The van der Waals surface area contributed by atoms with Gasteiger partial charge >= 0.3 is 0 Å². The van der Waals surface area contributed by atoms with Crippen LogP contribution in [0.4, 0.5) is 17.1 Å². The molecule has 8 aromatic rings. The van der Waals surface area contributed by atoms with E-state index in [1.165, 1.54) is 83.6 Å². The van der Waals surface area contributed by atoms with Crippen molar-refractivity contribution in [2.75, 3.05) is 4.90 Å². The van der Waals surface area contributed by atoms with Gasteiger partial charge in [-0.3, -0.25) is 0 Å². The average Bonchev–Trinajstić information content (AvgIpc) is 3.72. The second-order valence-corrected chi connectivity index (χ2v) is 18.1. The third-order valence-electron chi connectivity index (χ3n) is 12.6. The molecule has 58 heavy (non-hydrogen) atoms. The van der Waals surface area contributed by atoms with Gasteiger partial charge in [-0.1, -0.05) is 199 Å². The van der Waals surface area contributed by atoms with Gasteiger partial charge in [-0.15, -0.1) is 0 Å². The monoisotopic (exact) mass is 747 g/mol. The molecule has 0 aliphatic heterocycles. The van der Waals surface area contributed by atoms with Gasteiger partial charge in [0.25, 0.3) is 0 Å². The molecule has 1 heteroatoms. The van der Waals surface area contributed by atoms with E-state index in [1.54, 1.807) is 0 Å². The summed E-state index contributed by atoms with van der Waals surface area (Å²) in [6, 6.07) is 70.3. The van der Waals surface area contributed by atoms with Crippen LogP contribution in [0.5, 0.6) is 0 Å². The molecule has 0 amide bonds. The van der Waals surface area contributed by atoms with Crippen molar-refractivity contribution in [3.63, 3.8) is 0 Å². The average molecular weight is 748 g/mol. The quantitative estimate of drug-likeness (QED) is 0.169. The van der Waals surface area contributed by atoms with Gasteiger partial charge in [0.15, 0.2) is 0 Å². The maximum absolute atomic E-state index is 2.55. The summed E-state index contributed by atoms with van der Waals surface area (Å²) in [7, 11) is 0. The van der Waals surface area contributed by atoms with Crippen LogP contribution in [-0.4, -0.2) is 0 Å². The van der Waals surface area contributed by atoms with Gasteiger partial charge in [0.1, 0.15) is 0 Å². The second-order valence-electron chi connectivity index (χ2n) is 18.1. The van der Waals surface area contributed by atoms with Gasteiger partial charge in [-0.05, 0) is 113 Å². The predicted molar refractivity (Wildman–Crippen MR) is 246 cm³/mol. The normalized spacial score (nSPS) is 15.1. The standard InChI is InChI=1S/C57H49N/c1-55(2,3)42-31-36-46-47-22-15-25-50(56(4,5)6)53(47)57(51(46)37-42)49-24-14-13-21-45(49)48-23-16-26-52(54(48)57)58(43-32-27-40(28-33-43)38-17-9-7-10-18-38)44-34-29-41(30-35-44)39-19-11-8-12-20-39/h7-37H,1-6H3. The van der Waals surface area contributed by atoms with E-state index in [4.69, 9.17) is 0 Å². The lowest BCUT2D eigenvalue weighted by atomic mass is 9.65. The highest BCUT2D eigenvalue weighted by Gasteiger charge is 2.55. The molecule has 1 unspecified atom stereocenters. The van der Waals surface area contributed by atoms with E-state index in [0.29, 0.717) is 0 Å². The van der Waals surface area contributed by atoms with E-state index in [-0.39, 0.29) is 10.8 Å². The minimum absolute atomic E-state index is 0.0225. The van der Waals surface area contributed by atoms with Crippen LogP contribution in [0.3, 0.4) is 0 Å². The number of benzene rings is 8. The topological polar surface area (TPSA) is 3.24 Å². The van der Waals surface area contributed by atoms with Gasteiger partial charge < -0.3 is 4.90 Å². The number of fused-ring (bicyclic) bond motifs is 10. The molecule has 0 saturated carbocycles. The Balaban J connectivity index is 1.30. The molecule has 1 nitrogen and oxygen atoms in total. The summed E-state index contributed by atoms with van der Waals surface area (Å²) in [5, 5.41) is 0. The molecule has 0 saturated heterocycles. The fraction of sp³-hybridized carbons (Fsp3) is 0.158. The Hall–Kier alpha value is -6.44. The van der Waals surface area contributed by atoms with E-state index in [0.717, 1.165) is 11.4 Å². The maximum atomic E-state index is 2.55. The van der Waals surface area contributed by atoms with Crippen molar-refractivity contribution in [2.45, 2.75) is 57.8 Å². The summed E-state index contributed by atoms with van der Waals surface area (Å²) in [4.78, 5) is 2.51. The van der Waals surface area contributed by atoms with Crippen molar-refractivity contribution >= 4 is 17.1 Å². The van der Waals surface area contributed by atoms with Crippen LogP contribution in [0.2, 0.25) is 0 Å². The Bertz CT molecular complexity index is 2730. The lowest BCUT2D eigenvalue weighted by Crippen LogP contribution is -2.32. The summed E-state index contributed by atoms with van der Waals surface area (Å²) in [6.07, 6.45) is 0. The van der Waals surface area contributed by atoms with E-state index in [9.17, 15) is 0 Å². The van der Waals surface area contributed by atoms with E-state index >= 15 is 0 Å². The fourth-order valence-electron chi connectivity index (χ4n) is 9.85. The zero-order valence-electron chi connectivity index (χ0n) is 34.3. The Labute approximate surface area is 344 Å². The minimum Gasteiger partial charge on any atom is -0.310 e. The van der Waals surface area contributed by atoms with Crippen LogP contribution in [-0.2, 0) is 16.2 Å². The SMILES string of the molecule is CC(C)(C)c1ccc2c(c1)C1(c3ccccc3-c3cccc(N(c4ccc(-c5ccccc5)cc4)c4ccc(-c5ccccc5)cc4)c31)c1c-2cccc1C(C)(C)C. The smallest absolute Gasteiger partial charge is 0.0749 e. The fourth-order valence-corrected chi connectivity index (χ4v) is 9.85. The highest BCUT2D eigenvalue weighted by atomic mass is 15.1. The Morgan fingerprint density at radius 1 is 0.362 bits per heavy atom. The van der Waals surface area contributed by atoms with Crippen LogP contribution >= 0.6 is 0 Å². The molecule has 2 aliphatic carbocycles. The molecule has 10 rings (SSSR count). The number of hydrogen-bond acceptors (Lipinski definition) is 1. The van der Waals surface area contributed by atoms with Crippen LogP contribution < -0.4 is 4.90 Å².